The van der Waals surface area contributed by atoms with E-state index >= 15 is 0 Å². The minimum Gasteiger partial charge on any atom is -0.497 e. The largest absolute Gasteiger partial charge is 0.497 e. The van der Waals surface area contributed by atoms with Crippen LogP contribution in [0.25, 0.3) is 0 Å². The highest BCUT2D eigenvalue weighted by molar-refractivity contribution is 6.01. The molecule has 6 heteroatoms. The second-order valence-electron chi connectivity index (χ2n) is 5.05. The van der Waals surface area contributed by atoms with E-state index in [2.05, 4.69) is 10.5 Å². The molecule has 0 saturated heterocycles. The van der Waals surface area contributed by atoms with Crippen molar-refractivity contribution in [3.05, 3.63) is 59.7 Å². The summed E-state index contributed by atoms with van der Waals surface area (Å²) < 4.78 is 10.5. The summed E-state index contributed by atoms with van der Waals surface area (Å²) in [6.45, 7) is 1.74. The number of hydrazone groups is 1. The highest BCUT2D eigenvalue weighted by Crippen LogP contribution is 2.25. The van der Waals surface area contributed by atoms with E-state index < -0.39 is 12.0 Å². The maximum absolute atomic E-state index is 12.0. The number of rotatable bonds is 6. The first kappa shape index (κ1) is 17.5. The molecule has 0 bridgehead atoms. The minimum absolute atomic E-state index is 0.505. The molecule has 0 spiro atoms. The standard InChI is InChI=1S/C18H20N2O4/c1-12(15-10-9-14(23-2)11-16(15)24-3)19-20-18(22)17(21)13-7-5-4-6-8-13/h4-11,17,21H,1-3H3,(H,20,22)/b19-12-/t17-/m1/s1. The molecule has 0 aliphatic carbocycles. The van der Waals surface area contributed by atoms with Crippen LogP contribution in [-0.4, -0.2) is 30.9 Å². The number of nitrogens with one attached hydrogen (secondary N) is 1. The van der Waals surface area contributed by atoms with Crippen LogP contribution in [0.4, 0.5) is 0 Å². The first-order chi connectivity index (χ1) is 11.6. The monoisotopic (exact) mass is 328 g/mol. The van der Waals surface area contributed by atoms with Crippen LogP contribution < -0.4 is 14.9 Å². The Morgan fingerprint density at radius 1 is 1.12 bits per heavy atom. The van der Waals surface area contributed by atoms with Crippen LogP contribution in [0.3, 0.4) is 0 Å². The molecule has 1 atom stereocenters. The third kappa shape index (κ3) is 4.11. The molecule has 0 radical (unpaired) electrons. The summed E-state index contributed by atoms with van der Waals surface area (Å²) in [6, 6.07) is 14.0. The third-order valence-electron chi connectivity index (χ3n) is 3.50. The van der Waals surface area contributed by atoms with E-state index in [-0.39, 0.29) is 0 Å². The van der Waals surface area contributed by atoms with E-state index in [9.17, 15) is 9.90 Å². The van der Waals surface area contributed by atoms with Crippen molar-refractivity contribution in [2.24, 2.45) is 5.10 Å². The quantitative estimate of drug-likeness (QED) is 0.630. The molecule has 2 aromatic rings. The number of aliphatic hydroxyl groups excluding tert-OH is 1. The van der Waals surface area contributed by atoms with Crippen molar-refractivity contribution in [2.45, 2.75) is 13.0 Å². The molecule has 0 unspecified atom stereocenters. The van der Waals surface area contributed by atoms with Crippen molar-refractivity contribution >= 4 is 11.6 Å². The van der Waals surface area contributed by atoms with Crippen LogP contribution in [0, 0.1) is 0 Å². The van der Waals surface area contributed by atoms with E-state index in [4.69, 9.17) is 9.47 Å². The van der Waals surface area contributed by atoms with Gasteiger partial charge in [-0.3, -0.25) is 4.79 Å². The van der Waals surface area contributed by atoms with Crippen molar-refractivity contribution in [1.29, 1.82) is 0 Å². The van der Waals surface area contributed by atoms with E-state index in [1.807, 2.05) is 6.07 Å². The zero-order chi connectivity index (χ0) is 17.5. The molecule has 2 N–H and O–H groups in total. The summed E-state index contributed by atoms with van der Waals surface area (Å²) in [6.07, 6.45) is -1.28. The second-order valence-corrected chi connectivity index (χ2v) is 5.05. The maximum Gasteiger partial charge on any atom is 0.273 e. The van der Waals surface area contributed by atoms with Crippen LogP contribution in [-0.2, 0) is 4.79 Å². The summed E-state index contributed by atoms with van der Waals surface area (Å²) in [4.78, 5) is 12.0. The summed E-state index contributed by atoms with van der Waals surface area (Å²) in [5, 5.41) is 14.1. The second kappa shape index (κ2) is 8.12. The number of hydrogen-bond acceptors (Lipinski definition) is 5. The average Bonchev–Trinajstić information content (AvgIpc) is 2.65. The van der Waals surface area contributed by atoms with Crippen LogP contribution in [0.2, 0.25) is 0 Å². The van der Waals surface area contributed by atoms with Gasteiger partial charge in [-0.2, -0.15) is 5.10 Å². The minimum atomic E-state index is -1.28. The van der Waals surface area contributed by atoms with Crippen molar-refractivity contribution in [2.75, 3.05) is 14.2 Å². The normalized spacial score (nSPS) is 12.4. The summed E-state index contributed by atoms with van der Waals surface area (Å²) in [7, 11) is 3.11. The van der Waals surface area contributed by atoms with E-state index in [1.54, 1.807) is 63.6 Å². The lowest BCUT2D eigenvalue weighted by atomic mass is 10.1. The lowest BCUT2D eigenvalue weighted by Gasteiger charge is -2.12. The van der Waals surface area contributed by atoms with Crippen LogP contribution in [0.1, 0.15) is 24.2 Å². The molecule has 1 amide bonds. The Kier molecular flexibility index (Phi) is 5.92. The Morgan fingerprint density at radius 3 is 2.46 bits per heavy atom. The van der Waals surface area contributed by atoms with Gasteiger partial charge in [-0.1, -0.05) is 30.3 Å². The Hall–Kier alpha value is -2.86. The number of ether oxygens (including phenoxy) is 2. The van der Waals surface area contributed by atoms with Gasteiger partial charge in [0.25, 0.3) is 5.91 Å². The van der Waals surface area contributed by atoms with Gasteiger partial charge in [0.1, 0.15) is 11.5 Å². The lowest BCUT2D eigenvalue weighted by Crippen LogP contribution is -2.26. The Morgan fingerprint density at radius 2 is 1.83 bits per heavy atom. The molecular weight excluding hydrogens is 308 g/mol. The molecule has 0 aromatic heterocycles. The first-order valence-electron chi connectivity index (χ1n) is 7.36. The Bertz CT molecular complexity index is 729. The number of carbonyl (C=O) groups excluding carboxylic acids is 1. The molecule has 2 rings (SSSR count). The highest BCUT2D eigenvalue weighted by Gasteiger charge is 2.17. The molecular formula is C18H20N2O4. The Labute approximate surface area is 140 Å². The zero-order valence-corrected chi connectivity index (χ0v) is 13.8. The summed E-state index contributed by atoms with van der Waals surface area (Å²) in [5.41, 5.74) is 4.14. The lowest BCUT2D eigenvalue weighted by molar-refractivity contribution is -0.129. The van der Waals surface area contributed by atoms with Crippen LogP contribution in [0.15, 0.2) is 53.6 Å². The highest BCUT2D eigenvalue weighted by atomic mass is 16.5. The third-order valence-corrected chi connectivity index (χ3v) is 3.50. The van der Waals surface area contributed by atoms with E-state index in [1.165, 1.54) is 0 Å². The number of carbonyl (C=O) groups is 1. The van der Waals surface area contributed by atoms with Gasteiger partial charge in [-0.15, -0.1) is 0 Å². The van der Waals surface area contributed by atoms with Gasteiger partial charge in [0.2, 0.25) is 0 Å². The number of benzene rings is 2. The molecule has 2 aromatic carbocycles. The SMILES string of the molecule is COc1ccc(/C(C)=N\NC(=O)[C@H](O)c2ccccc2)c(OC)c1. The smallest absolute Gasteiger partial charge is 0.273 e. The van der Waals surface area contributed by atoms with Gasteiger partial charge in [0, 0.05) is 11.6 Å². The van der Waals surface area contributed by atoms with Crippen molar-refractivity contribution < 1.29 is 19.4 Å². The fourth-order valence-corrected chi connectivity index (χ4v) is 2.14. The molecule has 24 heavy (non-hydrogen) atoms. The van der Waals surface area contributed by atoms with Gasteiger partial charge < -0.3 is 14.6 Å². The van der Waals surface area contributed by atoms with Crippen LogP contribution >= 0.6 is 0 Å². The predicted molar refractivity (Wildman–Crippen MR) is 91.3 cm³/mol. The van der Waals surface area contributed by atoms with E-state index in [0.717, 1.165) is 0 Å². The fraction of sp³-hybridized carbons (Fsp3) is 0.222. The molecule has 0 aliphatic heterocycles. The van der Waals surface area contributed by atoms with Crippen molar-refractivity contribution in [3.63, 3.8) is 0 Å². The van der Waals surface area contributed by atoms with Gasteiger partial charge >= 0.3 is 0 Å². The van der Waals surface area contributed by atoms with Gasteiger partial charge in [0.05, 0.1) is 19.9 Å². The molecule has 0 saturated carbocycles. The summed E-state index contributed by atoms with van der Waals surface area (Å²) in [5.74, 6) is 0.633. The molecule has 0 heterocycles. The first-order valence-corrected chi connectivity index (χ1v) is 7.36. The number of amides is 1. The fourth-order valence-electron chi connectivity index (χ4n) is 2.14. The van der Waals surface area contributed by atoms with E-state index in [0.29, 0.717) is 28.3 Å². The average molecular weight is 328 g/mol. The van der Waals surface area contributed by atoms with Crippen molar-refractivity contribution in [1.82, 2.24) is 5.43 Å². The van der Waals surface area contributed by atoms with Gasteiger partial charge in [0.15, 0.2) is 6.10 Å². The Balaban J connectivity index is 2.12. The number of nitrogens with zero attached hydrogens (tertiary/aromatic N) is 1. The number of aliphatic hydroxyl groups is 1. The molecule has 126 valence electrons. The van der Waals surface area contributed by atoms with Crippen molar-refractivity contribution in [3.8, 4) is 11.5 Å². The van der Waals surface area contributed by atoms with Gasteiger partial charge in [-0.05, 0) is 24.6 Å². The van der Waals surface area contributed by atoms with Crippen LogP contribution in [0.5, 0.6) is 11.5 Å². The molecule has 6 nitrogen and oxygen atoms in total. The zero-order valence-electron chi connectivity index (χ0n) is 13.8. The number of methoxy groups -OCH3 is 2. The summed E-state index contributed by atoms with van der Waals surface area (Å²) >= 11 is 0. The topological polar surface area (TPSA) is 80.2 Å². The predicted octanol–water partition coefficient (Wildman–Crippen LogP) is 2.28. The molecule has 0 aliphatic rings. The van der Waals surface area contributed by atoms with Gasteiger partial charge in [-0.25, -0.2) is 5.43 Å². The molecule has 0 fully saturated rings. The number of hydrogen-bond donors (Lipinski definition) is 2. The maximum atomic E-state index is 12.0.